The van der Waals surface area contributed by atoms with Crippen molar-refractivity contribution in [1.29, 1.82) is 0 Å². The van der Waals surface area contributed by atoms with Crippen molar-refractivity contribution in [3.8, 4) is 10.4 Å². The molecule has 2 aromatic heterocycles. The highest BCUT2D eigenvalue weighted by atomic mass is 32.1. The second-order valence-electron chi connectivity index (χ2n) is 4.75. The van der Waals surface area contributed by atoms with Gasteiger partial charge in [0.2, 0.25) is 0 Å². The maximum Gasteiger partial charge on any atom is 0.251 e. The van der Waals surface area contributed by atoms with Gasteiger partial charge >= 0.3 is 0 Å². The van der Waals surface area contributed by atoms with Gasteiger partial charge in [0.1, 0.15) is 5.82 Å². The smallest absolute Gasteiger partial charge is 0.251 e. The Morgan fingerprint density at radius 3 is 2.86 bits per heavy atom. The summed E-state index contributed by atoms with van der Waals surface area (Å²) in [6.45, 7) is 0.349. The lowest BCUT2D eigenvalue weighted by molar-refractivity contribution is 0.0950. The van der Waals surface area contributed by atoms with Crippen LogP contribution in [0, 0.1) is 5.82 Å². The Kier molecular flexibility index (Phi) is 4.25. The van der Waals surface area contributed by atoms with Gasteiger partial charge in [-0.1, -0.05) is 12.1 Å². The van der Waals surface area contributed by atoms with Gasteiger partial charge in [0.25, 0.3) is 5.91 Å². The Bertz CT molecular complexity index is 787. The maximum atomic E-state index is 13.1. The fourth-order valence-electron chi connectivity index (χ4n) is 2.08. The summed E-state index contributed by atoms with van der Waals surface area (Å²) in [4.78, 5) is 17.3. The number of pyridine rings is 1. The molecule has 0 aliphatic carbocycles. The third kappa shape index (κ3) is 3.38. The Hall–Kier alpha value is -2.53. The minimum absolute atomic E-state index is 0.305. The number of halogens is 1. The van der Waals surface area contributed by atoms with Gasteiger partial charge in [-0.15, -0.1) is 11.3 Å². The van der Waals surface area contributed by atoms with Gasteiger partial charge in [-0.2, -0.15) is 0 Å². The molecule has 22 heavy (non-hydrogen) atoms. The molecule has 0 fully saturated rings. The number of nitrogens with one attached hydrogen (secondary N) is 1. The van der Waals surface area contributed by atoms with Gasteiger partial charge in [-0.3, -0.25) is 9.78 Å². The van der Waals surface area contributed by atoms with E-state index in [-0.39, 0.29) is 5.91 Å². The van der Waals surface area contributed by atoms with Crippen molar-refractivity contribution < 1.29 is 9.18 Å². The molecule has 1 N–H and O–H groups in total. The average Bonchev–Trinajstić information content (AvgIpc) is 3.07. The topological polar surface area (TPSA) is 42.0 Å². The largest absolute Gasteiger partial charge is 0.348 e. The van der Waals surface area contributed by atoms with Crippen LogP contribution in [0.4, 0.5) is 4.39 Å². The van der Waals surface area contributed by atoms with Gasteiger partial charge in [0, 0.05) is 34.9 Å². The number of hydrogen-bond donors (Lipinski definition) is 1. The first kappa shape index (κ1) is 14.4. The second kappa shape index (κ2) is 6.49. The van der Waals surface area contributed by atoms with E-state index >= 15 is 0 Å². The number of rotatable bonds is 4. The first-order chi connectivity index (χ1) is 10.7. The van der Waals surface area contributed by atoms with Crippen LogP contribution in [0.5, 0.6) is 0 Å². The van der Waals surface area contributed by atoms with Crippen molar-refractivity contribution in [3.05, 3.63) is 77.2 Å². The van der Waals surface area contributed by atoms with Crippen LogP contribution in [0.1, 0.15) is 15.9 Å². The van der Waals surface area contributed by atoms with E-state index in [0.29, 0.717) is 12.1 Å². The normalized spacial score (nSPS) is 10.4. The van der Waals surface area contributed by atoms with Gasteiger partial charge in [0.15, 0.2) is 0 Å². The third-order valence-corrected chi connectivity index (χ3v) is 4.06. The number of hydrogen-bond acceptors (Lipinski definition) is 3. The van der Waals surface area contributed by atoms with Crippen molar-refractivity contribution in [2.45, 2.75) is 6.54 Å². The van der Waals surface area contributed by atoms with Gasteiger partial charge < -0.3 is 5.32 Å². The summed E-state index contributed by atoms with van der Waals surface area (Å²) in [5.41, 5.74) is 2.23. The van der Waals surface area contributed by atoms with Crippen LogP contribution in [0.15, 0.2) is 60.2 Å². The Morgan fingerprint density at radius 1 is 1.18 bits per heavy atom. The predicted octanol–water partition coefficient (Wildman–Crippen LogP) is 3.88. The molecular formula is C17H13FN2OS. The quantitative estimate of drug-likeness (QED) is 0.794. The lowest BCUT2D eigenvalue weighted by atomic mass is 10.1. The van der Waals surface area contributed by atoms with Crippen molar-refractivity contribution in [2.24, 2.45) is 0 Å². The predicted molar refractivity (Wildman–Crippen MR) is 85.1 cm³/mol. The fourth-order valence-corrected chi connectivity index (χ4v) is 2.78. The zero-order valence-corrected chi connectivity index (χ0v) is 12.4. The minimum atomic E-state index is -0.422. The molecule has 0 aliphatic rings. The van der Waals surface area contributed by atoms with Crippen LogP contribution in [-0.4, -0.2) is 10.9 Å². The highest BCUT2D eigenvalue weighted by Crippen LogP contribution is 2.24. The lowest BCUT2D eigenvalue weighted by Crippen LogP contribution is -2.22. The van der Waals surface area contributed by atoms with Gasteiger partial charge in [-0.05, 0) is 41.3 Å². The highest BCUT2D eigenvalue weighted by Gasteiger charge is 2.07. The maximum absolute atomic E-state index is 13.1. The molecule has 0 spiro atoms. The van der Waals surface area contributed by atoms with Gasteiger partial charge in [-0.25, -0.2) is 4.39 Å². The number of aromatic nitrogens is 1. The number of benzene rings is 1. The van der Waals surface area contributed by atoms with E-state index in [2.05, 4.69) is 10.3 Å². The van der Waals surface area contributed by atoms with Crippen LogP contribution in [-0.2, 0) is 6.54 Å². The van der Waals surface area contributed by atoms with Crippen molar-refractivity contribution in [3.63, 3.8) is 0 Å². The van der Waals surface area contributed by atoms with E-state index in [0.717, 1.165) is 16.0 Å². The van der Waals surface area contributed by atoms with Crippen molar-refractivity contribution in [1.82, 2.24) is 10.3 Å². The van der Waals surface area contributed by atoms with Crippen LogP contribution < -0.4 is 5.32 Å². The number of amides is 1. The van der Waals surface area contributed by atoms with Crippen LogP contribution in [0.25, 0.3) is 10.4 Å². The standard InChI is InChI=1S/C17H13FN2OS/c18-15-4-1-3-13(8-15)17(21)20-10-12-7-14(11-19-9-12)16-5-2-6-22-16/h1-9,11H,10H2,(H,20,21). The molecule has 0 saturated heterocycles. The molecule has 1 aromatic carbocycles. The Labute approximate surface area is 131 Å². The zero-order chi connectivity index (χ0) is 15.4. The number of carbonyl (C=O) groups excluding carboxylic acids is 1. The summed E-state index contributed by atoms with van der Waals surface area (Å²) in [6, 6.07) is 11.6. The van der Waals surface area contributed by atoms with Crippen LogP contribution in [0.3, 0.4) is 0 Å². The van der Waals surface area contributed by atoms with Crippen LogP contribution in [0.2, 0.25) is 0 Å². The van der Waals surface area contributed by atoms with E-state index in [1.54, 1.807) is 29.8 Å². The summed E-state index contributed by atoms with van der Waals surface area (Å²) < 4.78 is 13.1. The average molecular weight is 312 g/mol. The van der Waals surface area contributed by atoms with Crippen LogP contribution >= 0.6 is 11.3 Å². The zero-order valence-electron chi connectivity index (χ0n) is 11.6. The molecule has 0 saturated carbocycles. The molecule has 2 heterocycles. The van der Waals surface area contributed by atoms with E-state index in [4.69, 9.17) is 0 Å². The molecule has 1 amide bonds. The summed E-state index contributed by atoms with van der Waals surface area (Å²) in [5.74, 6) is -0.727. The Balaban J connectivity index is 1.69. The SMILES string of the molecule is O=C(NCc1cncc(-c2cccs2)c1)c1cccc(F)c1. The summed E-state index contributed by atoms with van der Waals surface area (Å²) in [5, 5.41) is 4.78. The molecular weight excluding hydrogens is 299 g/mol. The molecule has 0 bridgehead atoms. The molecule has 3 nitrogen and oxygen atoms in total. The molecule has 3 rings (SSSR count). The second-order valence-corrected chi connectivity index (χ2v) is 5.70. The molecule has 0 atom stereocenters. The molecule has 0 unspecified atom stereocenters. The van der Waals surface area contributed by atoms with E-state index in [1.165, 1.54) is 18.2 Å². The van der Waals surface area contributed by atoms with Crippen molar-refractivity contribution >= 4 is 17.2 Å². The fraction of sp³-hybridized carbons (Fsp3) is 0.0588. The highest BCUT2D eigenvalue weighted by molar-refractivity contribution is 7.13. The minimum Gasteiger partial charge on any atom is -0.348 e. The molecule has 110 valence electrons. The number of carbonyl (C=O) groups is 1. The molecule has 5 heteroatoms. The van der Waals surface area contributed by atoms with E-state index < -0.39 is 5.82 Å². The number of thiophene rings is 1. The first-order valence-electron chi connectivity index (χ1n) is 6.74. The van der Waals surface area contributed by atoms with Crippen molar-refractivity contribution in [2.75, 3.05) is 0 Å². The molecule has 0 aliphatic heterocycles. The monoisotopic (exact) mass is 312 g/mol. The lowest BCUT2D eigenvalue weighted by Gasteiger charge is -2.06. The summed E-state index contributed by atoms with van der Waals surface area (Å²) >= 11 is 1.64. The summed E-state index contributed by atoms with van der Waals surface area (Å²) in [6.07, 6.45) is 3.51. The van der Waals surface area contributed by atoms with Gasteiger partial charge in [0.05, 0.1) is 0 Å². The first-order valence-corrected chi connectivity index (χ1v) is 7.62. The van der Waals surface area contributed by atoms with E-state index in [9.17, 15) is 9.18 Å². The Morgan fingerprint density at radius 2 is 2.09 bits per heavy atom. The third-order valence-electron chi connectivity index (χ3n) is 3.14. The number of nitrogens with zero attached hydrogens (tertiary/aromatic N) is 1. The molecule has 0 radical (unpaired) electrons. The summed E-state index contributed by atoms with van der Waals surface area (Å²) in [7, 11) is 0. The molecule has 3 aromatic rings. The van der Waals surface area contributed by atoms with E-state index in [1.807, 2.05) is 23.6 Å².